The van der Waals surface area contributed by atoms with Crippen LogP contribution in [0.15, 0.2) is 133 Å². The summed E-state index contributed by atoms with van der Waals surface area (Å²) in [5.41, 5.74) is 5.18. The topological polar surface area (TPSA) is 0 Å². The fourth-order valence-corrected chi connectivity index (χ4v) is 10.4. The lowest BCUT2D eigenvalue weighted by Crippen LogP contribution is -2.34. The Morgan fingerprint density at radius 3 is 0.825 bits per heavy atom. The molecule has 0 heterocycles. The third-order valence-corrected chi connectivity index (χ3v) is 12.6. The molecule has 0 atom stereocenters. The van der Waals surface area contributed by atoms with Crippen LogP contribution in [-0.4, -0.2) is 0 Å². The summed E-state index contributed by atoms with van der Waals surface area (Å²) in [4.78, 5) is 0. The molecule has 6 rings (SSSR count). The van der Waals surface area contributed by atoms with E-state index < -0.39 is 15.8 Å². The number of rotatable bonds is 6. The Labute approximate surface area is 241 Å². The van der Waals surface area contributed by atoms with Gasteiger partial charge in [0, 0.05) is 0 Å². The van der Waals surface area contributed by atoms with Gasteiger partial charge in [-0.2, -0.15) is 0 Å². The van der Waals surface area contributed by atoms with Crippen molar-refractivity contribution in [1.82, 2.24) is 0 Å². The van der Waals surface area contributed by atoms with Crippen LogP contribution in [-0.2, 0) is 0 Å². The zero-order chi connectivity index (χ0) is 27.6. The summed E-state index contributed by atoms with van der Waals surface area (Å²) in [5, 5.41) is 11.1. The lowest BCUT2D eigenvalue weighted by atomic mass is 10.1. The second-order valence-corrected chi connectivity index (χ2v) is 15.1. The third-order valence-electron chi connectivity index (χ3n) is 7.49. The third kappa shape index (κ3) is 5.53. The van der Waals surface area contributed by atoms with Crippen LogP contribution < -0.4 is 31.8 Å². The minimum Gasteiger partial charge on any atom is -0.0616 e. The normalized spacial score (nSPS) is 11.4. The summed E-state index contributed by atoms with van der Waals surface area (Å²) in [7, 11) is -1.55. The van der Waals surface area contributed by atoms with Crippen molar-refractivity contribution in [3.8, 4) is 0 Å². The molecule has 0 aliphatic rings. The smallest absolute Gasteiger partial charge is 0.00611 e. The quantitative estimate of drug-likeness (QED) is 0.187. The summed E-state index contributed by atoms with van der Waals surface area (Å²) < 4.78 is 0. The summed E-state index contributed by atoms with van der Waals surface area (Å²) in [6.07, 6.45) is 0. The van der Waals surface area contributed by atoms with E-state index in [2.05, 4.69) is 161 Å². The van der Waals surface area contributed by atoms with Crippen molar-refractivity contribution in [3.05, 3.63) is 156 Å². The molecule has 0 N–H and O–H groups in total. The van der Waals surface area contributed by atoms with Crippen molar-refractivity contribution in [2.24, 2.45) is 0 Å². The predicted molar refractivity (Wildman–Crippen MR) is 180 cm³/mol. The number of fused-ring (bicyclic) bond motifs is 1. The molecule has 0 amide bonds. The summed E-state index contributed by atoms with van der Waals surface area (Å²) in [6, 6.07) is 50.7. The van der Waals surface area contributed by atoms with Crippen molar-refractivity contribution in [2.75, 3.05) is 0 Å². The molecule has 6 aromatic carbocycles. The number of benzene rings is 6. The van der Waals surface area contributed by atoms with E-state index in [1.54, 1.807) is 0 Å². The number of aryl methyl sites for hydroxylation is 4. The van der Waals surface area contributed by atoms with Gasteiger partial charge in [0.2, 0.25) is 0 Å². The fraction of sp³-hybridized carbons (Fsp3) is 0.105. The van der Waals surface area contributed by atoms with Gasteiger partial charge in [-0.05, 0) is 98.3 Å². The average molecular weight is 553 g/mol. The molecule has 0 saturated heterocycles. The number of hydrogen-bond donors (Lipinski definition) is 0. The molecule has 0 fully saturated rings. The second-order valence-electron chi connectivity index (χ2n) is 10.7. The Morgan fingerprint density at radius 1 is 0.325 bits per heavy atom. The molecule has 0 aliphatic carbocycles. The van der Waals surface area contributed by atoms with Gasteiger partial charge in [-0.3, -0.25) is 0 Å². The van der Waals surface area contributed by atoms with Gasteiger partial charge >= 0.3 is 0 Å². The molecule has 2 heteroatoms. The predicted octanol–water partition coefficient (Wildman–Crippen LogP) is 7.59. The van der Waals surface area contributed by atoms with Crippen molar-refractivity contribution < 1.29 is 0 Å². The molecule has 0 spiro atoms. The summed E-state index contributed by atoms with van der Waals surface area (Å²) in [5.74, 6) is 0. The first-order chi connectivity index (χ1) is 19.5. The molecule has 0 unspecified atom stereocenters. The van der Waals surface area contributed by atoms with E-state index in [9.17, 15) is 0 Å². The maximum atomic E-state index is 2.49. The first-order valence-corrected chi connectivity index (χ1v) is 16.5. The van der Waals surface area contributed by atoms with Crippen LogP contribution in [0.5, 0.6) is 0 Å². The highest BCUT2D eigenvalue weighted by molar-refractivity contribution is 7.85. The van der Waals surface area contributed by atoms with Crippen molar-refractivity contribution >= 4 is 58.4 Å². The number of hydrogen-bond acceptors (Lipinski definition) is 0. The Hall–Kier alpha value is -3.56. The molecule has 0 bridgehead atoms. The molecule has 0 nitrogen and oxygen atoms in total. The summed E-state index contributed by atoms with van der Waals surface area (Å²) >= 11 is 0. The molecular weight excluding hydrogens is 518 g/mol. The summed E-state index contributed by atoms with van der Waals surface area (Å²) in [6.45, 7) is 8.70. The standard InChI is InChI=1S/C38H34P2/c1-27-9-17-33(18-10-27)39(34-19-11-28(2)12-20-34)37-25-31-7-5-6-8-32(31)26-38(37)40(35-21-13-29(3)14-22-35)36-23-15-30(4)16-24-36/h5-26H,1-4H3. The maximum absolute atomic E-state index is 2.49. The van der Waals surface area contributed by atoms with E-state index >= 15 is 0 Å². The molecule has 40 heavy (non-hydrogen) atoms. The van der Waals surface area contributed by atoms with Crippen molar-refractivity contribution in [2.45, 2.75) is 27.7 Å². The van der Waals surface area contributed by atoms with Crippen molar-refractivity contribution in [1.29, 1.82) is 0 Å². The Kier molecular flexibility index (Phi) is 7.67. The largest absolute Gasteiger partial charge is 0.0616 e. The monoisotopic (exact) mass is 552 g/mol. The van der Waals surface area contributed by atoms with E-state index in [-0.39, 0.29) is 0 Å². The molecule has 196 valence electrons. The highest BCUT2D eigenvalue weighted by Crippen LogP contribution is 2.40. The van der Waals surface area contributed by atoms with Crippen LogP contribution in [0.4, 0.5) is 0 Å². The van der Waals surface area contributed by atoms with Crippen LogP contribution in [0.2, 0.25) is 0 Å². The van der Waals surface area contributed by atoms with E-state index in [1.165, 1.54) is 64.9 Å². The van der Waals surface area contributed by atoms with Crippen LogP contribution in [0.1, 0.15) is 22.3 Å². The zero-order valence-corrected chi connectivity index (χ0v) is 25.4. The van der Waals surface area contributed by atoms with Gasteiger partial charge in [0.25, 0.3) is 0 Å². The lowest BCUT2D eigenvalue weighted by molar-refractivity contribution is 1.49. The molecular formula is C38H34P2. The van der Waals surface area contributed by atoms with Gasteiger partial charge in [0.15, 0.2) is 0 Å². The minimum absolute atomic E-state index is 0.774. The first kappa shape index (κ1) is 26.7. The van der Waals surface area contributed by atoms with Crippen molar-refractivity contribution in [3.63, 3.8) is 0 Å². The van der Waals surface area contributed by atoms with Crippen LogP contribution >= 0.6 is 15.8 Å². The Balaban J connectivity index is 1.68. The van der Waals surface area contributed by atoms with Gasteiger partial charge in [-0.25, -0.2) is 0 Å². The highest BCUT2D eigenvalue weighted by atomic mass is 31.1. The molecule has 6 aromatic rings. The Bertz CT molecular complexity index is 1520. The second kappa shape index (κ2) is 11.5. The Morgan fingerprint density at radius 2 is 0.575 bits per heavy atom. The van der Waals surface area contributed by atoms with E-state index in [0.717, 1.165) is 0 Å². The van der Waals surface area contributed by atoms with Crippen LogP contribution in [0, 0.1) is 27.7 Å². The first-order valence-electron chi connectivity index (χ1n) is 13.9. The van der Waals surface area contributed by atoms with E-state index in [1.807, 2.05) is 0 Å². The lowest BCUT2D eigenvalue weighted by Gasteiger charge is -2.28. The van der Waals surface area contributed by atoms with Crippen LogP contribution in [0.25, 0.3) is 10.8 Å². The van der Waals surface area contributed by atoms with E-state index in [4.69, 9.17) is 0 Å². The van der Waals surface area contributed by atoms with Crippen LogP contribution in [0.3, 0.4) is 0 Å². The van der Waals surface area contributed by atoms with Gasteiger partial charge in [-0.1, -0.05) is 144 Å². The molecule has 0 aromatic heterocycles. The molecule has 0 saturated carbocycles. The highest BCUT2D eigenvalue weighted by Gasteiger charge is 2.26. The zero-order valence-electron chi connectivity index (χ0n) is 23.6. The average Bonchev–Trinajstić information content (AvgIpc) is 2.97. The fourth-order valence-electron chi connectivity index (χ4n) is 5.20. The SMILES string of the molecule is Cc1ccc(P(c2ccc(C)cc2)c2cc3ccccc3cc2P(c2ccc(C)cc2)c2ccc(C)cc2)cc1. The molecule has 0 radical (unpaired) electrons. The minimum atomic E-state index is -0.774. The van der Waals surface area contributed by atoms with E-state index in [0.29, 0.717) is 0 Å². The maximum Gasteiger partial charge on any atom is -0.00611 e. The van der Waals surface area contributed by atoms with Gasteiger partial charge in [0.05, 0.1) is 0 Å². The molecule has 0 aliphatic heterocycles. The van der Waals surface area contributed by atoms with Gasteiger partial charge in [-0.15, -0.1) is 0 Å². The van der Waals surface area contributed by atoms with Gasteiger partial charge < -0.3 is 0 Å². The van der Waals surface area contributed by atoms with Gasteiger partial charge in [0.1, 0.15) is 0 Å².